The van der Waals surface area contributed by atoms with Crippen molar-refractivity contribution in [2.75, 3.05) is 13.7 Å². The number of methoxy groups -OCH3 is 1. The molecule has 0 aliphatic rings. The fourth-order valence-electron chi connectivity index (χ4n) is 1.59. The summed E-state index contributed by atoms with van der Waals surface area (Å²) < 4.78 is 33.4. The number of primary sulfonamides is 1. The second-order valence-corrected chi connectivity index (χ2v) is 6.68. The molecule has 0 aliphatic heterocycles. The molecule has 0 saturated carbocycles. The Balaban J connectivity index is 3.15. The van der Waals surface area contributed by atoms with E-state index in [1.807, 2.05) is 0 Å². The van der Waals surface area contributed by atoms with Gasteiger partial charge in [0, 0.05) is 11.6 Å². The number of carbonyl (C=O) groups excluding carboxylic acids is 1. The van der Waals surface area contributed by atoms with Crippen LogP contribution in [-0.4, -0.2) is 34.2 Å². The summed E-state index contributed by atoms with van der Waals surface area (Å²) in [5.74, 6) is -0.639. The number of esters is 1. The normalized spacial score (nSPS) is 13.1. The maximum atomic E-state index is 11.9. The zero-order chi connectivity index (χ0) is 15.5. The smallest absolute Gasteiger partial charge is 0.338 e. The highest BCUT2D eigenvalue weighted by molar-refractivity contribution is 9.10. The molecule has 1 unspecified atom stereocenters. The summed E-state index contributed by atoms with van der Waals surface area (Å²) in [5.41, 5.74) is 0.545. The molecule has 0 radical (unpaired) electrons. The summed E-state index contributed by atoms with van der Waals surface area (Å²) in [6.45, 7) is 3.51. The molecule has 1 atom stereocenters. The summed E-state index contributed by atoms with van der Waals surface area (Å²) in [7, 11) is -2.42. The first kappa shape index (κ1) is 17.1. The molecule has 6 nitrogen and oxygen atoms in total. The zero-order valence-corrected chi connectivity index (χ0v) is 13.7. The van der Waals surface area contributed by atoms with Crippen molar-refractivity contribution in [3.8, 4) is 0 Å². The maximum Gasteiger partial charge on any atom is 0.338 e. The van der Waals surface area contributed by atoms with Gasteiger partial charge >= 0.3 is 5.97 Å². The lowest BCUT2D eigenvalue weighted by Crippen LogP contribution is -2.20. The van der Waals surface area contributed by atoms with Gasteiger partial charge in [-0.25, -0.2) is 18.4 Å². The first-order valence-corrected chi connectivity index (χ1v) is 8.03. The number of ether oxygens (including phenoxy) is 2. The molecular weight excluding hydrogens is 350 g/mol. The Morgan fingerprint density at radius 1 is 1.45 bits per heavy atom. The molecule has 1 rings (SSSR count). The number of rotatable bonds is 5. The summed E-state index contributed by atoms with van der Waals surface area (Å²) in [5, 5.41) is 5.12. The molecule has 0 aromatic heterocycles. The molecule has 0 spiro atoms. The SMILES string of the molecule is COCC(C)OC(=O)c1cc(Br)c(C)c(S(N)(=O)=O)c1. The van der Waals surface area contributed by atoms with Gasteiger partial charge in [-0.2, -0.15) is 0 Å². The van der Waals surface area contributed by atoms with Crippen LogP contribution in [-0.2, 0) is 19.5 Å². The lowest BCUT2D eigenvalue weighted by atomic mass is 10.1. The Bertz CT molecular complexity index is 615. The summed E-state index contributed by atoms with van der Waals surface area (Å²) >= 11 is 3.20. The summed E-state index contributed by atoms with van der Waals surface area (Å²) in [6.07, 6.45) is -0.439. The molecule has 0 fully saturated rings. The van der Waals surface area contributed by atoms with E-state index in [-0.39, 0.29) is 17.1 Å². The van der Waals surface area contributed by atoms with Crippen molar-refractivity contribution in [3.05, 3.63) is 27.7 Å². The van der Waals surface area contributed by atoms with Crippen LogP contribution in [0.15, 0.2) is 21.5 Å². The third-order valence-electron chi connectivity index (χ3n) is 2.55. The van der Waals surface area contributed by atoms with Crippen LogP contribution in [0.3, 0.4) is 0 Å². The Hall–Kier alpha value is -0.960. The molecule has 1 aromatic carbocycles. The van der Waals surface area contributed by atoms with Gasteiger partial charge in [0.15, 0.2) is 0 Å². The van der Waals surface area contributed by atoms with E-state index in [1.54, 1.807) is 13.8 Å². The van der Waals surface area contributed by atoms with Gasteiger partial charge in [0.1, 0.15) is 6.10 Å². The monoisotopic (exact) mass is 365 g/mol. The predicted octanol–water partition coefficient (Wildman–Crippen LogP) is 1.60. The zero-order valence-electron chi connectivity index (χ0n) is 11.3. The van der Waals surface area contributed by atoms with Gasteiger partial charge in [0.25, 0.3) is 0 Å². The molecule has 1 aromatic rings. The van der Waals surface area contributed by atoms with Crippen molar-refractivity contribution in [2.45, 2.75) is 24.8 Å². The Kier molecular flexibility index (Phi) is 5.69. The highest BCUT2D eigenvalue weighted by Gasteiger charge is 2.20. The molecule has 0 heterocycles. The average Bonchev–Trinajstić information content (AvgIpc) is 2.30. The topological polar surface area (TPSA) is 95.7 Å². The minimum Gasteiger partial charge on any atom is -0.457 e. The molecular formula is C12H16BrNO5S. The van der Waals surface area contributed by atoms with E-state index in [2.05, 4.69) is 15.9 Å². The van der Waals surface area contributed by atoms with Gasteiger partial charge in [-0.05, 0) is 31.5 Å². The third kappa shape index (κ3) is 4.27. The number of halogens is 1. The van der Waals surface area contributed by atoms with E-state index < -0.39 is 22.1 Å². The summed E-state index contributed by atoms with van der Waals surface area (Å²) in [6, 6.07) is 2.70. The second-order valence-electron chi connectivity index (χ2n) is 4.30. The van der Waals surface area contributed by atoms with Crippen LogP contribution in [0.25, 0.3) is 0 Å². The minimum absolute atomic E-state index is 0.106. The third-order valence-corrected chi connectivity index (χ3v) is 4.41. The molecule has 2 N–H and O–H groups in total. The number of hydrogen-bond donors (Lipinski definition) is 1. The van der Waals surface area contributed by atoms with E-state index in [9.17, 15) is 13.2 Å². The van der Waals surface area contributed by atoms with Gasteiger partial charge in [0.05, 0.1) is 17.1 Å². The van der Waals surface area contributed by atoms with Crippen molar-refractivity contribution in [1.29, 1.82) is 0 Å². The lowest BCUT2D eigenvalue weighted by Gasteiger charge is -2.13. The number of sulfonamides is 1. The van der Waals surface area contributed by atoms with Crippen LogP contribution >= 0.6 is 15.9 Å². The number of hydrogen-bond acceptors (Lipinski definition) is 5. The Labute approximate surface area is 126 Å². The van der Waals surface area contributed by atoms with Crippen LogP contribution in [0.1, 0.15) is 22.8 Å². The lowest BCUT2D eigenvalue weighted by molar-refractivity contribution is 0.0120. The van der Waals surface area contributed by atoms with Gasteiger partial charge in [0.2, 0.25) is 10.0 Å². The van der Waals surface area contributed by atoms with E-state index in [4.69, 9.17) is 14.6 Å². The molecule has 0 bridgehead atoms. The average molecular weight is 366 g/mol. The first-order valence-electron chi connectivity index (χ1n) is 5.69. The highest BCUT2D eigenvalue weighted by atomic mass is 79.9. The van der Waals surface area contributed by atoms with Gasteiger partial charge in [-0.3, -0.25) is 0 Å². The van der Waals surface area contributed by atoms with E-state index in [1.165, 1.54) is 19.2 Å². The maximum absolute atomic E-state index is 11.9. The molecule has 0 saturated heterocycles. The molecule has 0 amide bonds. The van der Waals surface area contributed by atoms with Crippen LogP contribution in [0.5, 0.6) is 0 Å². The van der Waals surface area contributed by atoms with Crippen molar-refractivity contribution in [3.63, 3.8) is 0 Å². The summed E-state index contributed by atoms with van der Waals surface area (Å²) in [4.78, 5) is 11.8. The molecule has 0 aliphatic carbocycles. The van der Waals surface area contributed by atoms with Crippen LogP contribution in [0.2, 0.25) is 0 Å². The number of nitrogens with two attached hydrogens (primary N) is 1. The molecule has 20 heavy (non-hydrogen) atoms. The van der Waals surface area contributed by atoms with Crippen molar-refractivity contribution < 1.29 is 22.7 Å². The number of benzene rings is 1. The predicted molar refractivity (Wildman–Crippen MR) is 77.0 cm³/mol. The van der Waals surface area contributed by atoms with Gasteiger partial charge in [-0.1, -0.05) is 15.9 Å². The van der Waals surface area contributed by atoms with Crippen molar-refractivity contribution >= 4 is 31.9 Å². The minimum atomic E-state index is -3.91. The Morgan fingerprint density at radius 2 is 2.05 bits per heavy atom. The quantitative estimate of drug-likeness (QED) is 0.799. The Morgan fingerprint density at radius 3 is 2.55 bits per heavy atom. The van der Waals surface area contributed by atoms with Crippen molar-refractivity contribution in [1.82, 2.24) is 0 Å². The van der Waals surface area contributed by atoms with E-state index >= 15 is 0 Å². The van der Waals surface area contributed by atoms with Crippen LogP contribution in [0.4, 0.5) is 0 Å². The van der Waals surface area contributed by atoms with Crippen molar-refractivity contribution in [2.24, 2.45) is 5.14 Å². The van der Waals surface area contributed by atoms with Gasteiger partial charge < -0.3 is 9.47 Å². The second kappa shape index (κ2) is 6.66. The van der Waals surface area contributed by atoms with E-state index in [0.29, 0.717) is 10.0 Å². The van der Waals surface area contributed by atoms with Crippen LogP contribution < -0.4 is 5.14 Å². The largest absolute Gasteiger partial charge is 0.457 e. The fourth-order valence-corrected chi connectivity index (χ4v) is 3.01. The van der Waals surface area contributed by atoms with E-state index in [0.717, 1.165) is 0 Å². The highest BCUT2D eigenvalue weighted by Crippen LogP contribution is 2.25. The fraction of sp³-hybridized carbons (Fsp3) is 0.417. The van der Waals surface area contributed by atoms with Gasteiger partial charge in [-0.15, -0.1) is 0 Å². The van der Waals surface area contributed by atoms with Crippen LogP contribution in [0, 0.1) is 6.92 Å². The molecule has 112 valence electrons. The molecule has 8 heteroatoms. The first-order chi connectivity index (χ1) is 9.16. The standard InChI is InChI=1S/C12H16BrNO5S/c1-7(6-18-3)19-12(15)9-4-10(13)8(2)11(5-9)20(14,16)17/h4-5,7H,6H2,1-3H3,(H2,14,16,17). The number of carbonyl (C=O) groups is 1.